The van der Waals surface area contributed by atoms with Crippen LogP contribution < -0.4 is 5.32 Å². The number of thiocarbonyl (C=S) groups is 1. The predicted molar refractivity (Wildman–Crippen MR) is 128 cm³/mol. The van der Waals surface area contributed by atoms with E-state index >= 15 is 0 Å². The van der Waals surface area contributed by atoms with Gasteiger partial charge in [-0.1, -0.05) is 18.2 Å². The highest BCUT2D eigenvalue weighted by Crippen LogP contribution is 2.41. The molecule has 5 rings (SSSR count). The van der Waals surface area contributed by atoms with Crippen LogP contribution in [0.15, 0.2) is 79.4 Å². The first kappa shape index (κ1) is 20.3. The van der Waals surface area contributed by atoms with E-state index in [1.807, 2.05) is 55.0 Å². The van der Waals surface area contributed by atoms with Crippen molar-refractivity contribution in [1.29, 1.82) is 0 Å². The molecular weight excluding hydrogens is 416 g/mol. The summed E-state index contributed by atoms with van der Waals surface area (Å²) in [5.41, 5.74) is 5.57. The van der Waals surface area contributed by atoms with Gasteiger partial charge in [-0.25, -0.2) is 4.98 Å². The highest BCUT2D eigenvalue weighted by molar-refractivity contribution is 7.80. The second-order valence-corrected chi connectivity index (χ2v) is 8.35. The van der Waals surface area contributed by atoms with Crippen molar-refractivity contribution in [2.24, 2.45) is 0 Å². The van der Waals surface area contributed by atoms with Crippen LogP contribution in [-0.2, 0) is 6.54 Å². The van der Waals surface area contributed by atoms with E-state index < -0.39 is 0 Å². The van der Waals surface area contributed by atoms with Gasteiger partial charge in [0.25, 0.3) is 0 Å². The van der Waals surface area contributed by atoms with Crippen LogP contribution in [0.5, 0.6) is 0 Å². The molecule has 0 bridgehead atoms. The van der Waals surface area contributed by atoms with Gasteiger partial charge in [-0.05, 0) is 73.6 Å². The maximum Gasteiger partial charge on any atom is 0.170 e. The van der Waals surface area contributed by atoms with Crippen molar-refractivity contribution in [1.82, 2.24) is 29.7 Å². The fraction of sp³-hybridized carbons (Fsp3) is 0.200. The Morgan fingerprint density at radius 1 is 0.969 bits per heavy atom. The van der Waals surface area contributed by atoms with Gasteiger partial charge in [-0.15, -0.1) is 0 Å². The van der Waals surface area contributed by atoms with E-state index in [4.69, 9.17) is 12.2 Å². The monoisotopic (exact) mass is 440 g/mol. The van der Waals surface area contributed by atoms with Gasteiger partial charge in [-0.3, -0.25) is 9.97 Å². The van der Waals surface area contributed by atoms with E-state index in [-0.39, 0.29) is 12.1 Å². The molecule has 6 nitrogen and oxygen atoms in total. The van der Waals surface area contributed by atoms with Crippen LogP contribution in [0.2, 0.25) is 0 Å². The molecule has 1 fully saturated rings. The molecule has 4 aromatic heterocycles. The summed E-state index contributed by atoms with van der Waals surface area (Å²) in [6, 6.07) is 18.2. The number of hydrogen-bond acceptors (Lipinski definition) is 4. The minimum atomic E-state index is -0.0574. The highest BCUT2D eigenvalue weighted by atomic mass is 32.1. The maximum atomic E-state index is 5.82. The van der Waals surface area contributed by atoms with E-state index in [1.165, 1.54) is 5.56 Å². The molecule has 1 aliphatic rings. The third-order valence-electron chi connectivity index (χ3n) is 5.94. The van der Waals surface area contributed by atoms with E-state index in [0.29, 0.717) is 6.54 Å². The van der Waals surface area contributed by atoms with Crippen LogP contribution in [0.25, 0.3) is 5.82 Å². The zero-order valence-corrected chi connectivity index (χ0v) is 18.8. The normalized spacial score (nSPS) is 18.1. The molecule has 5 heterocycles. The Morgan fingerprint density at radius 2 is 1.78 bits per heavy atom. The van der Waals surface area contributed by atoms with E-state index in [2.05, 4.69) is 61.8 Å². The van der Waals surface area contributed by atoms with E-state index in [9.17, 15) is 0 Å². The van der Waals surface area contributed by atoms with Crippen LogP contribution in [-0.4, -0.2) is 29.5 Å². The number of hydrogen-bond donors (Lipinski definition) is 1. The quantitative estimate of drug-likeness (QED) is 0.463. The van der Waals surface area contributed by atoms with Gasteiger partial charge >= 0.3 is 0 Å². The molecule has 0 amide bonds. The van der Waals surface area contributed by atoms with Crippen LogP contribution in [0, 0.1) is 13.8 Å². The minimum absolute atomic E-state index is 0.0127. The molecule has 1 aliphatic heterocycles. The summed E-state index contributed by atoms with van der Waals surface area (Å²) in [5.74, 6) is 0.912. The maximum absolute atomic E-state index is 5.82. The number of nitrogens with zero attached hydrogens (tertiary/aromatic N) is 5. The second kappa shape index (κ2) is 8.51. The smallest absolute Gasteiger partial charge is 0.170 e. The average molecular weight is 441 g/mol. The summed E-state index contributed by atoms with van der Waals surface area (Å²) in [6.45, 7) is 4.93. The molecule has 1 saturated heterocycles. The molecule has 0 saturated carbocycles. The lowest BCUT2D eigenvalue weighted by Crippen LogP contribution is -2.29. The van der Waals surface area contributed by atoms with Crippen molar-refractivity contribution in [2.45, 2.75) is 32.5 Å². The molecule has 0 spiro atoms. The van der Waals surface area contributed by atoms with Gasteiger partial charge in [0.05, 0.1) is 17.8 Å². The molecule has 0 radical (unpaired) electrons. The summed E-state index contributed by atoms with van der Waals surface area (Å²) in [5, 5.41) is 4.25. The van der Waals surface area contributed by atoms with Gasteiger partial charge in [0.15, 0.2) is 5.11 Å². The van der Waals surface area contributed by atoms with Crippen molar-refractivity contribution in [3.8, 4) is 5.82 Å². The van der Waals surface area contributed by atoms with Crippen LogP contribution in [0.4, 0.5) is 0 Å². The van der Waals surface area contributed by atoms with Crippen molar-refractivity contribution in [3.63, 3.8) is 0 Å². The summed E-state index contributed by atoms with van der Waals surface area (Å²) in [4.78, 5) is 15.8. The Bertz CT molecular complexity index is 1220. The first-order valence-electron chi connectivity index (χ1n) is 10.6. The molecule has 4 aromatic rings. The fourth-order valence-corrected chi connectivity index (χ4v) is 4.83. The van der Waals surface area contributed by atoms with Crippen molar-refractivity contribution in [3.05, 3.63) is 108 Å². The van der Waals surface area contributed by atoms with Crippen molar-refractivity contribution >= 4 is 17.3 Å². The van der Waals surface area contributed by atoms with Crippen molar-refractivity contribution < 1.29 is 0 Å². The lowest BCUT2D eigenvalue weighted by atomic mass is 9.96. The molecule has 2 atom stereocenters. The average Bonchev–Trinajstić information content (AvgIpc) is 3.30. The Balaban J connectivity index is 1.62. The molecule has 160 valence electrons. The Morgan fingerprint density at radius 3 is 2.47 bits per heavy atom. The van der Waals surface area contributed by atoms with Gasteiger partial charge in [0.1, 0.15) is 5.82 Å². The topological polar surface area (TPSA) is 58.9 Å². The van der Waals surface area contributed by atoms with Crippen LogP contribution in [0.1, 0.15) is 40.3 Å². The number of aryl methyl sites for hydroxylation is 1. The van der Waals surface area contributed by atoms with Crippen molar-refractivity contribution in [2.75, 3.05) is 0 Å². The molecule has 32 heavy (non-hydrogen) atoms. The Kier molecular flexibility index (Phi) is 5.41. The fourth-order valence-electron chi connectivity index (χ4n) is 4.53. The molecule has 0 aliphatic carbocycles. The third-order valence-corrected chi connectivity index (χ3v) is 6.29. The molecule has 0 unspecified atom stereocenters. The highest BCUT2D eigenvalue weighted by Gasteiger charge is 2.41. The number of pyridine rings is 3. The van der Waals surface area contributed by atoms with E-state index in [1.54, 1.807) is 6.20 Å². The second-order valence-electron chi connectivity index (χ2n) is 7.97. The molecule has 7 heteroatoms. The zero-order chi connectivity index (χ0) is 22.1. The van der Waals surface area contributed by atoms with Crippen LogP contribution >= 0.6 is 12.2 Å². The lowest BCUT2D eigenvalue weighted by Gasteiger charge is -2.28. The summed E-state index contributed by atoms with van der Waals surface area (Å²) in [6.07, 6.45) is 7.34. The first-order chi connectivity index (χ1) is 15.6. The van der Waals surface area contributed by atoms with Gasteiger partial charge in [0, 0.05) is 42.7 Å². The third kappa shape index (κ3) is 3.65. The lowest BCUT2D eigenvalue weighted by molar-refractivity contribution is 0.310. The summed E-state index contributed by atoms with van der Waals surface area (Å²) < 4.78 is 2.20. The minimum Gasteiger partial charge on any atom is -0.352 e. The standard InChI is InChI=1S/C25H24N6S/c1-17-14-20(18(2)31(17)22-10-4-6-13-28-22)24-23(21-9-3-5-12-27-21)29-25(32)30(24)16-19-8-7-11-26-15-19/h3-15,23-24H,16H2,1-2H3,(H,29,32)/t23-,24-/m1/s1. The largest absolute Gasteiger partial charge is 0.352 e. The molecular formula is C25H24N6S. The number of aromatic nitrogens is 4. The zero-order valence-electron chi connectivity index (χ0n) is 18.0. The Hall–Kier alpha value is -3.58. The van der Waals surface area contributed by atoms with E-state index in [0.717, 1.165) is 33.6 Å². The summed E-state index contributed by atoms with van der Waals surface area (Å²) in [7, 11) is 0. The summed E-state index contributed by atoms with van der Waals surface area (Å²) >= 11 is 5.82. The predicted octanol–water partition coefficient (Wildman–Crippen LogP) is 4.45. The number of rotatable bonds is 5. The first-order valence-corrected chi connectivity index (χ1v) is 11.0. The van der Waals surface area contributed by atoms with Gasteiger partial charge < -0.3 is 14.8 Å². The Labute approximate surface area is 193 Å². The van der Waals surface area contributed by atoms with Gasteiger partial charge in [-0.2, -0.15) is 0 Å². The number of nitrogens with one attached hydrogen (secondary N) is 1. The SMILES string of the molecule is Cc1cc([C@@H]2[C@@H](c3ccccn3)NC(=S)N2Cc2cccnc2)c(C)n1-c1ccccn1. The van der Waals surface area contributed by atoms with Gasteiger partial charge in [0.2, 0.25) is 0 Å². The molecule has 0 aromatic carbocycles. The molecule has 1 N–H and O–H groups in total. The van der Waals surface area contributed by atoms with Crippen LogP contribution in [0.3, 0.4) is 0 Å².